The maximum absolute atomic E-state index is 14.8. The molecule has 1 heterocycles. The van der Waals surface area contributed by atoms with Crippen LogP contribution in [0.2, 0.25) is 5.04 Å². The Hall–Kier alpha value is -4.64. The maximum Gasteiger partial charge on any atom is 0.305 e. The summed E-state index contributed by atoms with van der Waals surface area (Å²) in [6, 6.07) is 35.9. The average molecular weight is 748 g/mol. The van der Waals surface area contributed by atoms with Crippen molar-refractivity contribution in [1.82, 2.24) is 4.98 Å². The van der Waals surface area contributed by atoms with Crippen molar-refractivity contribution in [2.75, 3.05) is 13.3 Å². The summed E-state index contributed by atoms with van der Waals surface area (Å²) < 4.78 is 41.9. The minimum Gasteiger partial charge on any atom is -0.481 e. The molecular weight excluding hydrogens is 701 g/mol. The number of aromatic nitrogens is 1. The predicted octanol–water partition coefficient (Wildman–Crippen LogP) is 9.64. The molecule has 0 aliphatic heterocycles. The van der Waals surface area contributed by atoms with Crippen LogP contribution in [0.4, 0.5) is 4.39 Å². The Morgan fingerprint density at radius 2 is 1.40 bits per heavy atom. The number of benzene rings is 4. The first kappa shape index (κ1) is 39.6. The Morgan fingerprint density at radius 3 is 1.87 bits per heavy atom. The number of hydrogen-bond acceptors (Lipinski definition) is 5. The van der Waals surface area contributed by atoms with Crippen LogP contribution >= 0.6 is 7.37 Å². The molecule has 0 aliphatic carbocycles. The smallest absolute Gasteiger partial charge is 0.305 e. The largest absolute Gasteiger partial charge is 0.481 e. The van der Waals surface area contributed by atoms with Crippen LogP contribution in [0.1, 0.15) is 63.8 Å². The van der Waals surface area contributed by atoms with Gasteiger partial charge in [-0.1, -0.05) is 144 Å². The maximum atomic E-state index is 14.8. The number of hydrogen-bond donors (Lipinski definition) is 1. The molecule has 5 aromatic rings. The third-order valence-electron chi connectivity index (χ3n) is 9.45. The topological polar surface area (TPSA) is 85.7 Å². The summed E-state index contributed by atoms with van der Waals surface area (Å²) in [5.41, 5.74) is 8.26. The van der Waals surface area contributed by atoms with Gasteiger partial charge in [-0.25, -0.2) is 4.39 Å². The van der Waals surface area contributed by atoms with Crippen LogP contribution in [0.3, 0.4) is 0 Å². The van der Waals surface area contributed by atoms with Crippen molar-refractivity contribution in [2.24, 2.45) is 0 Å². The molecule has 1 aromatic heterocycles. The Morgan fingerprint density at radius 1 is 0.868 bits per heavy atom. The van der Waals surface area contributed by atoms with Crippen molar-refractivity contribution in [3.05, 3.63) is 138 Å². The van der Waals surface area contributed by atoms with E-state index in [0.717, 1.165) is 38.3 Å². The summed E-state index contributed by atoms with van der Waals surface area (Å²) in [6.07, 6.45) is -1.64. The molecule has 0 spiro atoms. The fourth-order valence-electron chi connectivity index (χ4n) is 6.95. The van der Waals surface area contributed by atoms with E-state index in [2.05, 4.69) is 32.4 Å². The van der Waals surface area contributed by atoms with Crippen molar-refractivity contribution >= 4 is 32.0 Å². The third-order valence-corrected chi connectivity index (χ3v) is 16.5. The lowest BCUT2D eigenvalue weighted by Crippen LogP contribution is -2.68. The standard InChI is InChI=1S/C44H47FNO5PSi/c1-31(2)42-39(41(33-23-25-35(45)26-24-33)32(3)43(46-42)34-17-11-8-12-18-34)27-28-52(49,50-7)30-36(29-40(47)48)51-53(44(4,5)6,37-19-13-9-14-20-37)38-21-15-10-16-22-38/h8-26,31,36H,29-30H2,1-7H3,(H,47,48)/t36-,52?/m0/s1. The summed E-state index contributed by atoms with van der Waals surface area (Å²) in [4.78, 5) is 17.5. The van der Waals surface area contributed by atoms with E-state index in [1.807, 2.05) is 112 Å². The second-order valence-corrected chi connectivity index (χ2v) is 21.1. The SMILES string of the molecule is COP(=O)(C#Cc1c(C(C)C)nc(-c2ccccc2)c(C)c1-c1ccc(F)cc1)C[C@H](CC(=O)O)O[Si](c1ccccc1)(c1ccccc1)C(C)(C)C. The summed E-state index contributed by atoms with van der Waals surface area (Å²) in [7, 11) is -5.77. The summed E-state index contributed by atoms with van der Waals surface area (Å²) in [6.45, 7) is 12.3. The molecule has 9 heteroatoms. The van der Waals surface area contributed by atoms with Gasteiger partial charge in [-0.15, -0.1) is 0 Å². The monoisotopic (exact) mass is 747 g/mol. The van der Waals surface area contributed by atoms with E-state index in [1.165, 1.54) is 19.2 Å². The number of aliphatic carboxylic acids is 1. The molecule has 0 saturated carbocycles. The number of carbonyl (C=O) groups is 1. The number of pyridine rings is 1. The van der Waals surface area contributed by atoms with E-state index >= 15 is 0 Å². The summed E-state index contributed by atoms with van der Waals surface area (Å²) >= 11 is 0. The molecule has 6 nitrogen and oxygen atoms in total. The van der Waals surface area contributed by atoms with Gasteiger partial charge in [-0.05, 0) is 57.2 Å². The molecule has 274 valence electrons. The third kappa shape index (κ3) is 8.78. The average Bonchev–Trinajstić information content (AvgIpc) is 3.13. The van der Waals surface area contributed by atoms with Gasteiger partial charge < -0.3 is 14.1 Å². The van der Waals surface area contributed by atoms with Crippen LogP contribution in [0, 0.1) is 24.3 Å². The molecule has 5 rings (SSSR count). The van der Waals surface area contributed by atoms with Crippen molar-refractivity contribution in [3.8, 4) is 34.0 Å². The van der Waals surface area contributed by atoms with Gasteiger partial charge >= 0.3 is 5.97 Å². The van der Waals surface area contributed by atoms with Crippen LogP contribution in [-0.4, -0.2) is 43.8 Å². The lowest BCUT2D eigenvalue weighted by molar-refractivity contribution is -0.138. The minimum atomic E-state index is -3.87. The molecule has 0 saturated heterocycles. The lowest BCUT2D eigenvalue weighted by Gasteiger charge is -2.45. The highest BCUT2D eigenvalue weighted by Crippen LogP contribution is 2.48. The van der Waals surface area contributed by atoms with Crippen LogP contribution in [0.25, 0.3) is 22.4 Å². The number of carboxylic acid groups (broad SMARTS) is 1. The highest BCUT2D eigenvalue weighted by Gasteiger charge is 2.52. The zero-order valence-corrected chi connectivity index (χ0v) is 33.3. The fraction of sp³-hybridized carbons (Fsp3) is 0.273. The van der Waals surface area contributed by atoms with Gasteiger partial charge in [-0.2, -0.15) is 0 Å². The van der Waals surface area contributed by atoms with Crippen LogP contribution in [-0.2, 0) is 18.3 Å². The van der Waals surface area contributed by atoms with E-state index in [4.69, 9.17) is 13.9 Å². The van der Waals surface area contributed by atoms with Gasteiger partial charge in [0.2, 0.25) is 0 Å². The molecule has 0 amide bonds. The van der Waals surface area contributed by atoms with Crippen molar-refractivity contribution in [3.63, 3.8) is 0 Å². The lowest BCUT2D eigenvalue weighted by atomic mass is 9.89. The van der Waals surface area contributed by atoms with E-state index in [1.54, 1.807) is 12.1 Å². The van der Waals surface area contributed by atoms with E-state index < -0.39 is 39.2 Å². The van der Waals surface area contributed by atoms with Crippen molar-refractivity contribution < 1.29 is 27.8 Å². The first-order chi connectivity index (χ1) is 25.2. The predicted molar refractivity (Wildman–Crippen MR) is 215 cm³/mol. The molecule has 0 aliphatic rings. The van der Waals surface area contributed by atoms with Crippen LogP contribution in [0.15, 0.2) is 115 Å². The summed E-state index contributed by atoms with van der Waals surface area (Å²) in [5, 5.41) is 11.7. The van der Waals surface area contributed by atoms with Gasteiger partial charge in [0.15, 0.2) is 0 Å². The van der Waals surface area contributed by atoms with Gasteiger partial charge in [0.25, 0.3) is 15.7 Å². The van der Waals surface area contributed by atoms with Crippen molar-refractivity contribution in [2.45, 2.75) is 65.0 Å². The Bertz CT molecular complexity index is 2100. The highest BCUT2D eigenvalue weighted by atomic mass is 31.2. The Labute approximate surface area is 314 Å². The molecule has 0 bridgehead atoms. The molecule has 1 unspecified atom stereocenters. The first-order valence-corrected chi connectivity index (χ1v) is 21.5. The summed E-state index contributed by atoms with van der Waals surface area (Å²) in [5.74, 6) is 1.69. The van der Waals surface area contributed by atoms with E-state index in [-0.39, 0.29) is 17.9 Å². The fourth-order valence-corrected chi connectivity index (χ4v) is 13.1. The Kier molecular flexibility index (Phi) is 12.4. The quantitative estimate of drug-likeness (QED) is 0.0778. The van der Waals surface area contributed by atoms with Gasteiger partial charge in [0, 0.05) is 18.2 Å². The Balaban J connectivity index is 1.68. The number of carboxylic acids is 1. The van der Waals surface area contributed by atoms with Crippen LogP contribution < -0.4 is 10.4 Å². The van der Waals surface area contributed by atoms with Gasteiger partial charge in [0.05, 0.1) is 35.6 Å². The molecule has 0 radical (unpaired) electrons. The minimum absolute atomic E-state index is 0.0817. The molecular formula is C44H47FNO5PSi. The molecule has 2 atom stereocenters. The number of halogens is 1. The van der Waals surface area contributed by atoms with Gasteiger partial charge in [0.1, 0.15) is 5.82 Å². The second kappa shape index (κ2) is 16.6. The molecule has 0 fully saturated rings. The second-order valence-electron chi connectivity index (χ2n) is 14.5. The van der Waals surface area contributed by atoms with Crippen LogP contribution in [0.5, 0.6) is 0 Å². The first-order valence-electron chi connectivity index (χ1n) is 17.7. The molecule has 1 N–H and O–H groups in total. The van der Waals surface area contributed by atoms with Crippen molar-refractivity contribution in [1.29, 1.82) is 0 Å². The number of nitrogens with zero attached hydrogens (tertiary/aromatic N) is 1. The normalized spacial score (nSPS) is 13.5. The zero-order valence-electron chi connectivity index (χ0n) is 31.4. The highest BCUT2D eigenvalue weighted by molar-refractivity contribution is 7.64. The molecule has 53 heavy (non-hydrogen) atoms. The van der Waals surface area contributed by atoms with Gasteiger partial charge in [-0.3, -0.25) is 14.3 Å². The van der Waals surface area contributed by atoms with E-state index in [9.17, 15) is 18.9 Å². The zero-order chi connectivity index (χ0) is 38.4. The molecule has 4 aromatic carbocycles. The van der Waals surface area contributed by atoms with E-state index in [0.29, 0.717) is 11.3 Å². The number of rotatable bonds is 12.